The number of amides is 1. The zero-order valence-corrected chi connectivity index (χ0v) is 16.1. The monoisotopic (exact) mass is 380 g/mol. The van der Waals surface area contributed by atoms with Crippen LogP contribution in [0.5, 0.6) is 0 Å². The Morgan fingerprint density at radius 2 is 1.88 bits per heavy atom. The molecule has 1 amide bonds. The molecule has 0 radical (unpaired) electrons. The largest absolute Gasteiger partial charge is 0.352 e. The fraction of sp³-hybridized carbons (Fsp3) is 0.579. The van der Waals surface area contributed by atoms with E-state index in [-0.39, 0.29) is 29.9 Å². The minimum Gasteiger partial charge on any atom is -0.352 e. The molecule has 0 aliphatic carbocycles. The lowest BCUT2D eigenvalue weighted by molar-refractivity contribution is -0.121. The highest BCUT2D eigenvalue weighted by atomic mass is 32.2. The molecule has 144 valence electrons. The van der Waals surface area contributed by atoms with Gasteiger partial charge in [-0.2, -0.15) is 4.31 Å². The van der Waals surface area contributed by atoms with Gasteiger partial charge in [-0.3, -0.25) is 9.59 Å². The molecule has 0 saturated carbocycles. The summed E-state index contributed by atoms with van der Waals surface area (Å²) in [6.45, 7) is 2.50. The lowest BCUT2D eigenvalue weighted by Crippen LogP contribution is -2.45. The zero-order valence-electron chi connectivity index (χ0n) is 15.3. The van der Waals surface area contributed by atoms with E-state index in [1.165, 1.54) is 4.31 Å². The van der Waals surface area contributed by atoms with Crippen molar-refractivity contribution in [2.24, 2.45) is 0 Å². The molecule has 0 unspecified atom stereocenters. The van der Waals surface area contributed by atoms with Crippen LogP contribution in [0.25, 0.3) is 0 Å². The molecule has 1 fully saturated rings. The van der Waals surface area contributed by atoms with Crippen molar-refractivity contribution in [3.63, 3.8) is 0 Å². The van der Waals surface area contributed by atoms with Gasteiger partial charge in [0.1, 0.15) is 0 Å². The predicted molar refractivity (Wildman–Crippen MR) is 101 cm³/mol. The zero-order chi connectivity index (χ0) is 19.0. The Morgan fingerprint density at radius 1 is 1.15 bits per heavy atom. The predicted octanol–water partition coefficient (Wildman–Crippen LogP) is 2.36. The Labute approximate surface area is 156 Å². The van der Waals surface area contributed by atoms with Crippen LogP contribution in [0, 0.1) is 0 Å². The molecule has 1 aromatic carbocycles. The standard InChI is InChI=1S/C19H28N2O4S/c1-2-26(24,25)21-14-7-6-11-17(15-21)20-19(23)13-8-12-18(22)16-9-4-3-5-10-16/h3-5,9-10,17H,2,6-8,11-15H2,1H3,(H,20,23)/t17-/m0/s1. The van der Waals surface area contributed by atoms with Gasteiger partial charge in [0.25, 0.3) is 0 Å². The van der Waals surface area contributed by atoms with E-state index >= 15 is 0 Å². The minimum atomic E-state index is -3.23. The first-order valence-corrected chi connectivity index (χ1v) is 10.9. The summed E-state index contributed by atoms with van der Waals surface area (Å²) in [6, 6.07) is 8.90. The Hall–Kier alpha value is -1.73. The SMILES string of the molecule is CCS(=O)(=O)N1CCCC[C@H](NC(=O)CCCC(=O)c2ccccc2)C1. The highest BCUT2D eigenvalue weighted by Crippen LogP contribution is 2.15. The van der Waals surface area contributed by atoms with Crippen molar-refractivity contribution >= 4 is 21.7 Å². The highest BCUT2D eigenvalue weighted by molar-refractivity contribution is 7.89. The van der Waals surface area contributed by atoms with Gasteiger partial charge in [-0.1, -0.05) is 36.8 Å². The number of hydrogen-bond acceptors (Lipinski definition) is 4. The summed E-state index contributed by atoms with van der Waals surface area (Å²) < 4.78 is 25.7. The van der Waals surface area contributed by atoms with Gasteiger partial charge in [0.05, 0.1) is 5.75 Å². The Morgan fingerprint density at radius 3 is 2.58 bits per heavy atom. The molecule has 1 aliphatic rings. The topological polar surface area (TPSA) is 83.6 Å². The van der Waals surface area contributed by atoms with E-state index in [4.69, 9.17) is 0 Å². The van der Waals surface area contributed by atoms with E-state index < -0.39 is 10.0 Å². The number of Topliss-reactive ketones (excluding diaryl/α,β-unsaturated/α-hetero) is 1. The summed E-state index contributed by atoms with van der Waals surface area (Å²) in [7, 11) is -3.23. The van der Waals surface area contributed by atoms with Crippen molar-refractivity contribution in [2.75, 3.05) is 18.8 Å². The molecule has 1 N–H and O–H groups in total. The van der Waals surface area contributed by atoms with Crippen molar-refractivity contribution < 1.29 is 18.0 Å². The van der Waals surface area contributed by atoms with Crippen molar-refractivity contribution in [2.45, 2.75) is 51.5 Å². The Balaban J connectivity index is 1.78. The van der Waals surface area contributed by atoms with Gasteiger partial charge < -0.3 is 5.32 Å². The van der Waals surface area contributed by atoms with E-state index in [9.17, 15) is 18.0 Å². The summed E-state index contributed by atoms with van der Waals surface area (Å²) in [5.74, 6) is -0.00499. The highest BCUT2D eigenvalue weighted by Gasteiger charge is 2.26. The second kappa shape index (κ2) is 9.83. The van der Waals surface area contributed by atoms with Crippen molar-refractivity contribution in [3.05, 3.63) is 35.9 Å². The maximum Gasteiger partial charge on any atom is 0.220 e. The molecular formula is C19H28N2O4S. The summed E-state index contributed by atoms with van der Waals surface area (Å²) in [4.78, 5) is 24.2. The summed E-state index contributed by atoms with van der Waals surface area (Å²) >= 11 is 0. The molecule has 2 rings (SSSR count). The van der Waals surface area contributed by atoms with Crippen LogP contribution in [0.4, 0.5) is 0 Å². The average Bonchev–Trinajstić information content (AvgIpc) is 2.88. The van der Waals surface area contributed by atoms with Crippen molar-refractivity contribution in [1.29, 1.82) is 0 Å². The van der Waals surface area contributed by atoms with Crippen molar-refractivity contribution in [3.8, 4) is 0 Å². The molecule has 0 spiro atoms. The molecule has 1 atom stereocenters. The van der Waals surface area contributed by atoms with E-state index in [0.29, 0.717) is 31.5 Å². The minimum absolute atomic E-state index is 0.0353. The molecule has 7 heteroatoms. The molecule has 1 aliphatic heterocycles. The maximum atomic E-state index is 12.2. The van der Waals surface area contributed by atoms with Crippen LogP contribution < -0.4 is 5.32 Å². The first-order valence-electron chi connectivity index (χ1n) is 9.28. The first kappa shape index (κ1) is 20.6. The van der Waals surface area contributed by atoms with Crippen LogP contribution >= 0.6 is 0 Å². The first-order chi connectivity index (χ1) is 12.4. The summed E-state index contributed by atoms with van der Waals surface area (Å²) in [5.41, 5.74) is 0.664. The summed E-state index contributed by atoms with van der Waals surface area (Å²) in [5, 5.41) is 2.94. The second-order valence-corrected chi connectivity index (χ2v) is 8.92. The number of ketones is 1. The van der Waals surface area contributed by atoms with Crippen LogP contribution in [0.2, 0.25) is 0 Å². The van der Waals surface area contributed by atoms with Gasteiger partial charge in [0, 0.05) is 37.5 Å². The second-order valence-electron chi connectivity index (χ2n) is 6.66. The smallest absolute Gasteiger partial charge is 0.220 e. The molecule has 1 heterocycles. The fourth-order valence-electron chi connectivity index (χ4n) is 3.14. The van der Waals surface area contributed by atoms with E-state index in [1.54, 1.807) is 19.1 Å². The number of carbonyl (C=O) groups is 2. The number of hydrogen-bond donors (Lipinski definition) is 1. The van der Waals surface area contributed by atoms with Gasteiger partial charge in [-0.05, 0) is 26.2 Å². The van der Waals surface area contributed by atoms with Gasteiger partial charge in [0.2, 0.25) is 15.9 Å². The molecule has 26 heavy (non-hydrogen) atoms. The summed E-state index contributed by atoms with van der Waals surface area (Å²) in [6.07, 6.45) is 3.59. The van der Waals surface area contributed by atoms with E-state index in [0.717, 1.165) is 19.3 Å². The van der Waals surface area contributed by atoms with E-state index in [1.807, 2.05) is 18.2 Å². The molecule has 6 nitrogen and oxygen atoms in total. The van der Waals surface area contributed by atoms with Gasteiger partial charge in [0.15, 0.2) is 5.78 Å². The lowest BCUT2D eigenvalue weighted by atomic mass is 10.1. The van der Waals surface area contributed by atoms with Crippen LogP contribution in [0.15, 0.2) is 30.3 Å². The van der Waals surface area contributed by atoms with Crippen LogP contribution in [0.1, 0.15) is 55.8 Å². The number of carbonyl (C=O) groups excluding carboxylic acids is 2. The third kappa shape index (κ3) is 6.21. The Kier molecular flexibility index (Phi) is 7.78. The molecule has 1 saturated heterocycles. The van der Waals surface area contributed by atoms with Crippen LogP contribution in [-0.2, 0) is 14.8 Å². The normalized spacial score (nSPS) is 18.9. The molecule has 0 aromatic heterocycles. The van der Waals surface area contributed by atoms with Crippen LogP contribution in [0.3, 0.4) is 0 Å². The fourth-order valence-corrected chi connectivity index (χ4v) is 4.32. The molecular weight excluding hydrogens is 352 g/mol. The third-order valence-corrected chi connectivity index (χ3v) is 6.51. The average molecular weight is 381 g/mol. The number of nitrogens with zero attached hydrogens (tertiary/aromatic N) is 1. The van der Waals surface area contributed by atoms with Crippen LogP contribution in [-0.4, -0.2) is 49.3 Å². The van der Waals surface area contributed by atoms with Gasteiger partial charge in [-0.15, -0.1) is 0 Å². The Bertz CT molecular complexity index is 704. The quantitative estimate of drug-likeness (QED) is 0.702. The molecule has 1 aromatic rings. The van der Waals surface area contributed by atoms with Gasteiger partial charge >= 0.3 is 0 Å². The molecule has 0 bridgehead atoms. The third-order valence-electron chi connectivity index (χ3n) is 4.66. The number of nitrogens with one attached hydrogen (secondary N) is 1. The van der Waals surface area contributed by atoms with Gasteiger partial charge in [-0.25, -0.2) is 8.42 Å². The lowest BCUT2D eigenvalue weighted by Gasteiger charge is -2.24. The maximum absolute atomic E-state index is 12.2. The van der Waals surface area contributed by atoms with Crippen molar-refractivity contribution in [1.82, 2.24) is 9.62 Å². The number of sulfonamides is 1. The van der Waals surface area contributed by atoms with E-state index in [2.05, 4.69) is 5.32 Å². The number of rotatable bonds is 8. The number of benzene rings is 1.